The lowest BCUT2D eigenvalue weighted by Crippen LogP contribution is -2.40. The molecule has 27 heavy (non-hydrogen) atoms. The van der Waals surface area contributed by atoms with E-state index in [0.717, 1.165) is 11.8 Å². The standard InChI is InChI=1S/C16H16ClF3N2O4S/c1-15(2)25-4-7(5-26-15)6-27-12-10(17)9(16(18,19)20)3-8-11(12)21-14(24)22-13(8)23/h3,7H,4-6H2,1-2H3,(H2,21,22,23,24). The predicted octanol–water partition coefficient (Wildman–Crippen LogP) is 3.79. The van der Waals surface area contributed by atoms with Crippen LogP contribution in [0.3, 0.4) is 0 Å². The zero-order chi connectivity index (χ0) is 20.0. The highest BCUT2D eigenvalue weighted by atomic mass is 35.5. The number of benzene rings is 1. The molecule has 11 heteroatoms. The van der Waals surface area contributed by atoms with Crippen LogP contribution in [-0.2, 0) is 15.7 Å². The smallest absolute Gasteiger partial charge is 0.417 e. The monoisotopic (exact) mass is 424 g/mol. The maximum Gasteiger partial charge on any atom is 0.417 e. The normalized spacial score (nSPS) is 18.1. The van der Waals surface area contributed by atoms with Crippen LogP contribution in [0.25, 0.3) is 10.9 Å². The number of thioether (sulfide) groups is 1. The van der Waals surface area contributed by atoms with Gasteiger partial charge in [-0.05, 0) is 19.9 Å². The molecule has 1 aliphatic heterocycles. The molecule has 6 nitrogen and oxygen atoms in total. The summed E-state index contributed by atoms with van der Waals surface area (Å²) < 4.78 is 51.1. The molecule has 0 radical (unpaired) electrons. The fraction of sp³-hybridized carbons (Fsp3) is 0.500. The van der Waals surface area contributed by atoms with Crippen LogP contribution in [0.1, 0.15) is 19.4 Å². The van der Waals surface area contributed by atoms with Crippen molar-refractivity contribution in [2.45, 2.75) is 30.7 Å². The number of hydrogen-bond acceptors (Lipinski definition) is 6. The molecular formula is C16H16ClF3N2O4S. The van der Waals surface area contributed by atoms with E-state index in [-0.39, 0.29) is 21.7 Å². The zero-order valence-electron chi connectivity index (χ0n) is 14.3. The Morgan fingerprint density at radius 1 is 1.41 bits per heavy atom. The molecule has 0 saturated carbocycles. The Balaban J connectivity index is 2.00. The number of aromatic amines is 1. The maximum absolute atomic E-state index is 13.3. The molecule has 2 aromatic rings. The second kappa shape index (κ2) is 7.16. The molecule has 1 aliphatic rings. The van der Waals surface area contributed by atoms with Crippen LogP contribution < -0.4 is 5.69 Å². The molecule has 0 atom stereocenters. The third kappa shape index (κ3) is 4.34. The first-order valence-electron chi connectivity index (χ1n) is 7.91. The van der Waals surface area contributed by atoms with E-state index in [2.05, 4.69) is 9.97 Å². The number of halogens is 4. The van der Waals surface area contributed by atoms with Gasteiger partial charge in [0, 0.05) is 11.7 Å². The second-order valence-electron chi connectivity index (χ2n) is 6.55. The lowest BCUT2D eigenvalue weighted by molar-refractivity contribution is -0.259. The van der Waals surface area contributed by atoms with E-state index in [1.54, 1.807) is 13.8 Å². The van der Waals surface area contributed by atoms with Gasteiger partial charge < -0.3 is 19.6 Å². The highest BCUT2D eigenvalue weighted by Crippen LogP contribution is 2.44. The molecule has 0 aliphatic carbocycles. The minimum atomic E-state index is -4.73. The van der Waals surface area contributed by atoms with Crippen molar-refractivity contribution in [3.8, 4) is 5.88 Å². The Labute approximate surface area is 161 Å². The summed E-state index contributed by atoms with van der Waals surface area (Å²) in [5.41, 5.74) is -1.99. The molecule has 0 bridgehead atoms. The van der Waals surface area contributed by atoms with Crippen molar-refractivity contribution in [1.29, 1.82) is 0 Å². The third-order valence-electron chi connectivity index (χ3n) is 4.00. The van der Waals surface area contributed by atoms with Gasteiger partial charge in [0.2, 0.25) is 5.88 Å². The van der Waals surface area contributed by atoms with Crippen LogP contribution in [0.5, 0.6) is 5.88 Å². The summed E-state index contributed by atoms with van der Waals surface area (Å²) in [6, 6.07) is 0.676. The van der Waals surface area contributed by atoms with Gasteiger partial charge in [-0.1, -0.05) is 11.6 Å². The summed E-state index contributed by atoms with van der Waals surface area (Å²) in [6.07, 6.45) is -4.73. The quantitative estimate of drug-likeness (QED) is 0.729. The van der Waals surface area contributed by atoms with Crippen molar-refractivity contribution in [3.63, 3.8) is 0 Å². The Morgan fingerprint density at radius 3 is 2.63 bits per heavy atom. The average molecular weight is 425 g/mol. The van der Waals surface area contributed by atoms with Crippen molar-refractivity contribution in [2.24, 2.45) is 5.92 Å². The number of alkyl halides is 3. The van der Waals surface area contributed by atoms with E-state index in [0.29, 0.717) is 25.0 Å². The molecule has 2 heterocycles. The van der Waals surface area contributed by atoms with Gasteiger partial charge in [-0.2, -0.15) is 18.2 Å². The number of H-pyrrole nitrogens is 1. The molecule has 0 spiro atoms. The first-order valence-corrected chi connectivity index (χ1v) is 9.27. The van der Waals surface area contributed by atoms with E-state index in [4.69, 9.17) is 21.1 Å². The van der Waals surface area contributed by atoms with Gasteiger partial charge in [0.05, 0.1) is 39.6 Å². The summed E-state index contributed by atoms with van der Waals surface area (Å²) in [5, 5.41) is 9.07. The number of fused-ring (bicyclic) bond motifs is 1. The minimum absolute atomic E-state index is 0.00785. The first kappa shape index (κ1) is 20.2. The Kier molecular flexibility index (Phi) is 5.37. The summed E-state index contributed by atoms with van der Waals surface area (Å²) in [4.78, 5) is 17.2. The Bertz CT molecular complexity index is 922. The van der Waals surface area contributed by atoms with Crippen LogP contribution in [0.4, 0.5) is 13.2 Å². The Morgan fingerprint density at radius 2 is 2.04 bits per heavy atom. The van der Waals surface area contributed by atoms with Crippen LogP contribution in [0, 0.1) is 5.92 Å². The minimum Gasteiger partial charge on any atom is -0.493 e. The molecule has 148 valence electrons. The van der Waals surface area contributed by atoms with Crippen LogP contribution >= 0.6 is 23.4 Å². The lowest BCUT2D eigenvalue weighted by Gasteiger charge is -2.34. The van der Waals surface area contributed by atoms with Crippen molar-refractivity contribution < 1.29 is 27.8 Å². The van der Waals surface area contributed by atoms with Crippen LogP contribution in [-0.4, -0.2) is 39.8 Å². The van der Waals surface area contributed by atoms with Crippen LogP contribution in [0.15, 0.2) is 15.8 Å². The highest BCUT2D eigenvalue weighted by Gasteiger charge is 2.36. The highest BCUT2D eigenvalue weighted by molar-refractivity contribution is 7.99. The summed E-state index contributed by atoms with van der Waals surface area (Å²) in [7, 11) is 0. The fourth-order valence-electron chi connectivity index (χ4n) is 2.59. The van der Waals surface area contributed by atoms with Crippen molar-refractivity contribution in [2.75, 3.05) is 19.0 Å². The van der Waals surface area contributed by atoms with E-state index in [1.807, 2.05) is 0 Å². The van der Waals surface area contributed by atoms with Gasteiger partial charge in [0.15, 0.2) is 5.79 Å². The van der Waals surface area contributed by atoms with Gasteiger partial charge in [-0.3, -0.25) is 0 Å². The fourth-order valence-corrected chi connectivity index (χ4v) is 4.15. The van der Waals surface area contributed by atoms with Crippen LogP contribution in [0.2, 0.25) is 5.02 Å². The molecule has 1 aromatic carbocycles. The van der Waals surface area contributed by atoms with Crippen molar-refractivity contribution in [1.82, 2.24) is 9.97 Å². The average Bonchev–Trinajstić information content (AvgIpc) is 2.53. The number of nitrogens with zero attached hydrogens (tertiary/aromatic N) is 1. The number of rotatable bonds is 3. The Hall–Kier alpha value is -1.49. The van der Waals surface area contributed by atoms with Gasteiger partial charge >= 0.3 is 11.9 Å². The van der Waals surface area contributed by atoms with Gasteiger partial charge in [-0.15, -0.1) is 11.8 Å². The van der Waals surface area contributed by atoms with E-state index >= 15 is 0 Å². The molecule has 0 amide bonds. The third-order valence-corrected chi connectivity index (χ3v) is 5.84. The second-order valence-corrected chi connectivity index (χ2v) is 7.96. The lowest BCUT2D eigenvalue weighted by atomic mass is 10.1. The number of aromatic nitrogens is 2. The number of ether oxygens (including phenoxy) is 2. The van der Waals surface area contributed by atoms with Gasteiger partial charge in [0.1, 0.15) is 0 Å². The molecule has 1 fully saturated rings. The SMILES string of the molecule is CC1(C)OCC(CSc2c(Cl)c(C(F)(F)F)cc3c(O)nc(=O)[nH]c23)CO1. The largest absolute Gasteiger partial charge is 0.493 e. The van der Waals surface area contributed by atoms with Gasteiger partial charge in [0.25, 0.3) is 0 Å². The topological polar surface area (TPSA) is 84.4 Å². The number of aromatic hydroxyl groups is 1. The predicted molar refractivity (Wildman–Crippen MR) is 94.2 cm³/mol. The first-order chi connectivity index (χ1) is 12.5. The summed E-state index contributed by atoms with van der Waals surface area (Å²) >= 11 is 7.04. The van der Waals surface area contributed by atoms with Crippen molar-refractivity contribution in [3.05, 3.63) is 27.1 Å². The van der Waals surface area contributed by atoms with E-state index in [1.165, 1.54) is 0 Å². The molecule has 0 unspecified atom stereocenters. The molecule has 1 saturated heterocycles. The molecule has 3 rings (SSSR count). The number of hydrogen-bond donors (Lipinski definition) is 2. The molecule has 2 N–H and O–H groups in total. The summed E-state index contributed by atoms with van der Waals surface area (Å²) in [5.74, 6) is -1.23. The van der Waals surface area contributed by atoms with Crippen molar-refractivity contribution >= 4 is 34.3 Å². The van der Waals surface area contributed by atoms with E-state index in [9.17, 15) is 23.1 Å². The molecule has 1 aromatic heterocycles. The maximum atomic E-state index is 13.3. The number of nitrogens with one attached hydrogen (secondary N) is 1. The molecular weight excluding hydrogens is 409 g/mol. The van der Waals surface area contributed by atoms with Gasteiger partial charge in [-0.25, -0.2) is 4.79 Å². The zero-order valence-corrected chi connectivity index (χ0v) is 15.9. The van der Waals surface area contributed by atoms with E-state index < -0.39 is 34.1 Å². The summed E-state index contributed by atoms with van der Waals surface area (Å²) in [6.45, 7) is 4.29.